The monoisotopic (exact) mass is 125 g/mol. The second-order valence-corrected chi connectivity index (χ2v) is 1.38. The van der Waals surface area contributed by atoms with Crippen LogP contribution in [0.2, 0.25) is 0 Å². The van der Waals surface area contributed by atoms with Crippen LogP contribution >= 0.6 is 0 Å². The fourth-order valence-corrected chi connectivity index (χ4v) is 0.346. The highest BCUT2D eigenvalue weighted by molar-refractivity contribution is 5.39. The molecule has 2 nitrogen and oxygen atoms in total. The van der Waals surface area contributed by atoms with Gasteiger partial charge in [0.05, 0.1) is 6.26 Å². The Morgan fingerprint density at radius 2 is 2.33 bits per heavy atom. The quantitative estimate of drug-likeness (QED) is 0.421. The molecule has 0 heterocycles. The SMILES string of the molecule is C/C=C/C/C=C/O[C]=O. The van der Waals surface area contributed by atoms with Gasteiger partial charge in [-0.2, -0.15) is 0 Å². The van der Waals surface area contributed by atoms with Gasteiger partial charge in [0.15, 0.2) is 0 Å². The van der Waals surface area contributed by atoms with Gasteiger partial charge in [-0.1, -0.05) is 12.2 Å². The summed E-state index contributed by atoms with van der Waals surface area (Å²) in [6.07, 6.45) is 7.70. The molecule has 0 aliphatic heterocycles. The molecular weight excluding hydrogens is 116 g/mol. The van der Waals surface area contributed by atoms with Crippen LogP contribution in [0, 0.1) is 0 Å². The summed E-state index contributed by atoms with van der Waals surface area (Å²) >= 11 is 0. The highest BCUT2D eigenvalue weighted by Crippen LogP contribution is 1.84. The molecule has 0 bridgehead atoms. The molecule has 0 aromatic rings. The van der Waals surface area contributed by atoms with E-state index in [4.69, 9.17) is 0 Å². The Bertz CT molecular complexity index is 114. The minimum atomic E-state index is 0.790. The zero-order valence-corrected chi connectivity index (χ0v) is 5.33. The summed E-state index contributed by atoms with van der Waals surface area (Å²) in [7, 11) is 0. The van der Waals surface area contributed by atoms with Crippen LogP contribution in [0.25, 0.3) is 0 Å². The minimum absolute atomic E-state index is 0.790. The molecule has 0 fully saturated rings. The molecule has 0 N–H and O–H groups in total. The molecule has 49 valence electrons. The van der Waals surface area contributed by atoms with Crippen molar-refractivity contribution in [1.29, 1.82) is 0 Å². The zero-order chi connectivity index (χ0) is 6.95. The van der Waals surface area contributed by atoms with Crippen LogP contribution in [0.3, 0.4) is 0 Å². The third kappa shape index (κ3) is 6.95. The molecule has 0 saturated carbocycles. The van der Waals surface area contributed by atoms with E-state index in [1.54, 1.807) is 6.08 Å². The minimum Gasteiger partial charge on any atom is -0.426 e. The molecular formula is C7H9O2. The molecule has 0 aromatic carbocycles. The first-order chi connectivity index (χ1) is 4.41. The van der Waals surface area contributed by atoms with Crippen molar-refractivity contribution >= 4 is 6.47 Å². The largest absolute Gasteiger partial charge is 0.426 e. The number of hydrogen-bond donors (Lipinski definition) is 0. The van der Waals surface area contributed by atoms with Gasteiger partial charge in [-0.25, -0.2) is 4.79 Å². The fraction of sp³-hybridized carbons (Fsp3) is 0.286. The standard InChI is InChI=1S/C7H9O2/c1-2-3-4-5-6-9-7-8/h2-3,5-6H,4H2,1H3/b3-2+,6-5+. The smallest absolute Gasteiger partial charge is 0.422 e. The van der Waals surface area contributed by atoms with Crippen molar-refractivity contribution in [1.82, 2.24) is 0 Å². The Morgan fingerprint density at radius 1 is 1.56 bits per heavy atom. The van der Waals surface area contributed by atoms with Crippen molar-refractivity contribution in [2.45, 2.75) is 13.3 Å². The van der Waals surface area contributed by atoms with Crippen LogP contribution in [0.5, 0.6) is 0 Å². The number of hydrogen-bond acceptors (Lipinski definition) is 2. The van der Waals surface area contributed by atoms with Crippen molar-refractivity contribution in [2.24, 2.45) is 0 Å². The van der Waals surface area contributed by atoms with E-state index in [0.29, 0.717) is 0 Å². The van der Waals surface area contributed by atoms with Crippen molar-refractivity contribution in [3.63, 3.8) is 0 Å². The van der Waals surface area contributed by atoms with Gasteiger partial charge in [-0.05, 0) is 19.4 Å². The van der Waals surface area contributed by atoms with E-state index < -0.39 is 0 Å². The van der Waals surface area contributed by atoms with E-state index in [0.717, 1.165) is 6.42 Å². The maximum atomic E-state index is 9.42. The van der Waals surface area contributed by atoms with Crippen molar-refractivity contribution in [3.05, 3.63) is 24.5 Å². The second kappa shape index (κ2) is 6.95. The van der Waals surface area contributed by atoms with Crippen molar-refractivity contribution in [2.75, 3.05) is 0 Å². The summed E-state index contributed by atoms with van der Waals surface area (Å²) in [6.45, 7) is 3.21. The normalized spacial score (nSPS) is 10.8. The molecule has 0 aliphatic rings. The van der Waals surface area contributed by atoms with Gasteiger partial charge in [0, 0.05) is 0 Å². The lowest BCUT2D eigenvalue weighted by molar-refractivity contribution is 0.397. The number of ether oxygens (including phenoxy) is 1. The topological polar surface area (TPSA) is 26.3 Å². The first-order valence-electron chi connectivity index (χ1n) is 2.70. The van der Waals surface area contributed by atoms with E-state index in [2.05, 4.69) is 4.74 Å². The second-order valence-electron chi connectivity index (χ2n) is 1.38. The highest BCUT2D eigenvalue weighted by atomic mass is 16.5. The van der Waals surface area contributed by atoms with E-state index >= 15 is 0 Å². The Kier molecular flexibility index (Phi) is 6.14. The van der Waals surface area contributed by atoms with Crippen LogP contribution in [-0.4, -0.2) is 6.47 Å². The van der Waals surface area contributed by atoms with Gasteiger partial charge in [0.25, 0.3) is 0 Å². The van der Waals surface area contributed by atoms with Gasteiger partial charge in [0.2, 0.25) is 0 Å². The first-order valence-corrected chi connectivity index (χ1v) is 2.70. The lowest BCUT2D eigenvalue weighted by Crippen LogP contribution is -1.70. The molecule has 9 heavy (non-hydrogen) atoms. The molecule has 0 amide bonds. The van der Waals surface area contributed by atoms with Crippen molar-refractivity contribution in [3.8, 4) is 0 Å². The summed E-state index contributed by atoms with van der Waals surface area (Å²) in [4.78, 5) is 9.42. The van der Waals surface area contributed by atoms with E-state index in [-0.39, 0.29) is 0 Å². The van der Waals surface area contributed by atoms with Gasteiger partial charge < -0.3 is 4.74 Å². The van der Waals surface area contributed by atoms with Crippen LogP contribution < -0.4 is 0 Å². The highest BCUT2D eigenvalue weighted by Gasteiger charge is 1.70. The number of carbonyl (C=O) groups excluding carboxylic acids is 1. The summed E-state index contributed by atoms with van der Waals surface area (Å²) in [5.74, 6) is 0. The van der Waals surface area contributed by atoms with Crippen molar-refractivity contribution < 1.29 is 9.53 Å². The molecule has 2 heteroatoms. The maximum absolute atomic E-state index is 9.42. The van der Waals surface area contributed by atoms with Crippen LogP contribution in [0.1, 0.15) is 13.3 Å². The average molecular weight is 125 g/mol. The zero-order valence-electron chi connectivity index (χ0n) is 5.33. The Labute approximate surface area is 54.8 Å². The summed E-state index contributed by atoms with van der Waals surface area (Å²) < 4.78 is 4.16. The first kappa shape index (κ1) is 7.95. The van der Waals surface area contributed by atoms with Gasteiger partial charge in [-0.3, -0.25) is 0 Å². The summed E-state index contributed by atoms with van der Waals surface area (Å²) in [5, 5.41) is 0. The van der Waals surface area contributed by atoms with Crippen LogP contribution in [0.4, 0.5) is 0 Å². The molecule has 1 radical (unpaired) electrons. The van der Waals surface area contributed by atoms with Gasteiger partial charge in [0.1, 0.15) is 0 Å². The molecule has 0 spiro atoms. The lowest BCUT2D eigenvalue weighted by atomic mass is 10.4. The molecule has 0 rings (SSSR count). The molecule has 0 aliphatic carbocycles. The fourth-order valence-electron chi connectivity index (χ4n) is 0.346. The third-order valence-corrected chi connectivity index (χ3v) is 0.720. The van der Waals surface area contributed by atoms with E-state index in [1.807, 2.05) is 19.1 Å². The van der Waals surface area contributed by atoms with E-state index in [1.165, 1.54) is 12.7 Å². The Balaban J connectivity index is 3.14. The molecule has 0 aromatic heterocycles. The summed E-state index contributed by atoms with van der Waals surface area (Å²) in [6, 6.07) is 0. The van der Waals surface area contributed by atoms with Crippen LogP contribution in [0.15, 0.2) is 24.5 Å². The average Bonchev–Trinajstić information content (AvgIpc) is 1.89. The van der Waals surface area contributed by atoms with Gasteiger partial charge >= 0.3 is 6.47 Å². The molecule has 0 saturated heterocycles. The Hall–Kier alpha value is -1.05. The lowest BCUT2D eigenvalue weighted by Gasteiger charge is -1.79. The number of allylic oxidation sites excluding steroid dienone is 3. The van der Waals surface area contributed by atoms with E-state index in [9.17, 15) is 4.79 Å². The third-order valence-electron chi connectivity index (χ3n) is 0.720. The van der Waals surface area contributed by atoms with Gasteiger partial charge in [-0.15, -0.1) is 0 Å². The Morgan fingerprint density at radius 3 is 2.89 bits per heavy atom. The number of rotatable bonds is 4. The summed E-state index contributed by atoms with van der Waals surface area (Å²) in [5.41, 5.74) is 0. The predicted molar refractivity (Wildman–Crippen MR) is 35.3 cm³/mol. The predicted octanol–water partition coefficient (Wildman–Crippen LogP) is 1.55. The maximum Gasteiger partial charge on any atom is 0.422 e. The molecule has 0 unspecified atom stereocenters. The molecule has 0 atom stereocenters. The van der Waals surface area contributed by atoms with Crippen LogP contribution in [-0.2, 0) is 9.53 Å².